The molecule has 0 amide bonds. The first-order chi connectivity index (χ1) is 17.0. The van der Waals surface area contributed by atoms with E-state index in [1.165, 1.54) is 31.2 Å². The lowest BCUT2D eigenvalue weighted by atomic mass is 9.89. The van der Waals surface area contributed by atoms with Crippen LogP contribution in [-0.2, 0) is 11.2 Å². The number of hydrogen-bond donors (Lipinski definition) is 0. The maximum Gasteiger partial charge on any atom is 0.267 e. The van der Waals surface area contributed by atoms with E-state index < -0.39 is 17.8 Å². The Morgan fingerprint density at radius 3 is 2.06 bits per heavy atom. The van der Waals surface area contributed by atoms with Crippen LogP contribution in [0.25, 0.3) is 22.3 Å². The van der Waals surface area contributed by atoms with Gasteiger partial charge in [-0.3, -0.25) is 0 Å². The van der Waals surface area contributed by atoms with Crippen molar-refractivity contribution in [3.8, 4) is 22.3 Å². The Balaban J connectivity index is 1.44. The van der Waals surface area contributed by atoms with Gasteiger partial charge in [0.15, 0.2) is 0 Å². The highest BCUT2D eigenvalue weighted by Gasteiger charge is 2.23. The molecule has 1 fully saturated rings. The summed E-state index contributed by atoms with van der Waals surface area (Å²) < 4.78 is 48.1. The molecule has 0 aliphatic carbocycles. The van der Waals surface area contributed by atoms with Crippen LogP contribution in [-0.4, -0.2) is 12.7 Å². The van der Waals surface area contributed by atoms with Crippen molar-refractivity contribution >= 4 is 0 Å². The molecule has 0 bridgehead atoms. The first-order valence-corrected chi connectivity index (χ1v) is 12.9. The molecule has 0 N–H and O–H groups in total. The van der Waals surface area contributed by atoms with Gasteiger partial charge in [0.05, 0.1) is 18.3 Å². The van der Waals surface area contributed by atoms with Crippen LogP contribution >= 0.6 is 0 Å². The fraction of sp³-hybridized carbons (Fsp3) is 0.419. The number of benzene rings is 3. The van der Waals surface area contributed by atoms with E-state index in [1.807, 2.05) is 12.1 Å². The first-order valence-electron chi connectivity index (χ1n) is 12.9. The van der Waals surface area contributed by atoms with Crippen LogP contribution in [0.5, 0.6) is 0 Å². The number of aryl methyl sites for hydroxylation is 1. The standard InChI is InChI=1S/C31H35F3O/c1-3-5-6-7-27-18-16-26(20-35-27)24-10-8-22(9-11-24)23-12-14-25(15-13-23)28-19-17-21(4-2)30(32)29(28)31(33)34/h8-15,17,19,26-27,31H,3-7,16,18,20H2,1-2H3. The number of halogens is 3. The van der Waals surface area contributed by atoms with Gasteiger partial charge in [-0.25, -0.2) is 13.2 Å². The normalized spacial score (nSPS) is 18.2. The fourth-order valence-electron chi connectivity index (χ4n) is 5.08. The molecule has 1 aliphatic rings. The van der Waals surface area contributed by atoms with Gasteiger partial charge >= 0.3 is 0 Å². The maximum atomic E-state index is 14.6. The Hall–Kier alpha value is -2.59. The maximum absolute atomic E-state index is 14.6. The quantitative estimate of drug-likeness (QED) is 0.277. The molecule has 3 aromatic rings. The molecular weight excluding hydrogens is 445 g/mol. The van der Waals surface area contributed by atoms with E-state index in [0.29, 0.717) is 29.6 Å². The van der Waals surface area contributed by atoms with Crippen molar-refractivity contribution in [1.82, 2.24) is 0 Å². The molecule has 1 aliphatic heterocycles. The van der Waals surface area contributed by atoms with Crippen LogP contribution in [0.1, 0.15) is 81.4 Å². The zero-order valence-corrected chi connectivity index (χ0v) is 20.7. The summed E-state index contributed by atoms with van der Waals surface area (Å²) in [5.41, 5.74) is 4.01. The smallest absolute Gasteiger partial charge is 0.267 e. The van der Waals surface area contributed by atoms with Gasteiger partial charge in [0.1, 0.15) is 5.82 Å². The molecule has 2 unspecified atom stereocenters. The zero-order valence-electron chi connectivity index (χ0n) is 20.7. The van der Waals surface area contributed by atoms with Crippen LogP contribution in [0.15, 0.2) is 60.7 Å². The second kappa shape index (κ2) is 11.9. The van der Waals surface area contributed by atoms with Gasteiger partial charge in [-0.15, -0.1) is 0 Å². The average molecular weight is 481 g/mol. The van der Waals surface area contributed by atoms with Gasteiger partial charge < -0.3 is 4.74 Å². The van der Waals surface area contributed by atoms with Crippen LogP contribution in [0.3, 0.4) is 0 Å². The highest BCUT2D eigenvalue weighted by molar-refractivity contribution is 5.73. The van der Waals surface area contributed by atoms with Gasteiger partial charge in [0, 0.05) is 5.92 Å². The Kier molecular flexibility index (Phi) is 8.67. The monoisotopic (exact) mass is 480 g/mol. The fourth-order valence-corrected chi connectivity index (χ4v) is 5.08. The van der Waals surface area contributed by atoms with E-state index in [4.69, 9.17) is 4.74 Å². The van der Waals surface area contributed by atoms with Gasteiger partial charge in [0.25, 0.3) is 6.43 Å². The molecule has 0 spiro atoms. The van der Waals surface area contributed by atoms with Crippen molar-refractivity contribution in [1.29, 1.82) is 0 Å². The minimum atomic E-state index is -2.86. The molecule has 35 heavy (non-hydrogen) atoms. The van der Waals surface area contributed by atoms with E-state index in [-0.39, 0.29) is 5.56 Å². The minimum Gasteiger partial charge on any atom is -0.378 e. The van der Waals surface area contributed by atoms with Crippen molar-refractivity contribution in [3.05, 3.63) is 83.2 Å². The van der Waals surface area contributed by atoms with Crippen LogP contribution < -0.4 is 0 Å². The summed E-state index contributed by atoms with van der Waals surface area (Å²) in [7, 11) is 0. The number of alkyl halides is 2. The molecule has 0 saturated carbocycles. The molecule has 186 valence electrons. The minimum absolute atomic E-state index is 0.252. The summed E-state index contributed by atoms with van der Waals surface area (Å²) in [4.78, 5) is 0. The second-order valence-corrected chi connectivity index (χ2v) is 9.58. The third-order valence-corrected chi connectivity index (χ3v) is 7.27. The molecule has 4 rings (SSSR count). The topological polar surface area (TPSA) is 9.23 Å². The lowest BCUT2D eigenvalue weighted by molar-refractivity contribution is -0.00207. The highest BCUT2D eigenvalue weighted by Crippen LogP contribution is 2.36. The molecule has 1 saturated heterocycles. The molecule has 2 atom stereocenters. The van der Waals surface area contributed by atoms with Crippen molar-refractivity contribution in [2.45, 2.75) is 77.2 Å². The van der Waals surface area contributed by atoms with Crippen molar-refractivity contribution in [2.24, 2.45) is 0 Å². The summed E-state index contributed by atoms with van der Waals surface area (Å²) in [5.74, 6) is -0.360. The molecule has 1 nitrogen and oxygen atoms in total. The Labute approximate surface area is 207 Å². The van der Waals surface area contributed by atoms with Crippen molar-refractivity contribution in [3.63, 3.8) is 0 Å². The largest absolute Gasteiger partial charge is 0.378 e. The molecular formula is C31H35F3O. The summed E-state index contributed by atoms with van der Waals surface area (Å²) in [6.07, 6.45) is 5.15. The van der Waals surface area contributed by atoms with Gasteiger partial charge in [-0.1, -0.05) is 93.8 Å². The van der Waals surface area contributed by atoms with Crippen LogP contribution in [0.2, 0.25) is 0 Å². The van der Waals surface area contributed by atoms with E-state index in [2.05, 4.69) is 31.2 Å². The van der Waals surface area contributed by atoms with Crippen molar-refractivity contribution < 1.29 is 17.9 Å². The molecule has 0 radical (unpaired) electrons. The summed E-state index contributed by atoms with van der Waals surface area (Å²) in [6.45, 7) is 4.77. The van der Waals surface area contributed by atoms with Crippen LogP contribution in [0, 0.1) is 5.82 Å². The highest BCUT2D eigenvalue weighted by atomic mass is 19.3. The lowest BCUT2D eigenvalue weighted by Crippen LogP contribution is -2.24. The summed E-state index contributed by atoms with van der Waals surface area (Å²) in [5, 5.41) is 0. The number of unbranched alkanes of at least 4 members (excludes halogenated alkanes) is 2. The summed E-state index contributed by atoms with van der Waals surface area (Å²) >= 11 is 0. The second-order valence-electron chi connectivity index (χ2n) is 9.58. The average Bonchev–Trinajstić information content (AvgIpc) is 2.89. The van der Waals surface area contributed by atoms with Crippen molar-refractivity contribution in [2.75, 3.05) is 6.61 Å². The van der Waals surface area contributed by atoms with E-state index >= 15 is 0 Å². The third kappa shape index (κ3) is 5.98. The molecule has 1 heterocycles. The first kappa shape index (κ1) is 25.5. The van der Waals surface area contributed by atoms with E-state index in [0.717, 1.165) is 30.6 Å². The number of hydrogen-bond acceptors (Lipinski definition) is 1. The van der Waals surface area contributed by atoms with E-state index in [1.54, 1.807) is 31.2 Å². The molecule has 3 aromatic carbocycles. The predicted molar refractivity (Wildman–Crippen MR) is 137 cm³/mol. The van der Waals surface area contributed by atoms with Gasteiger partial charge in [-0.05, 0) is 59.1 Å². The lowest BCUT2D eigenvalue weighted by Gasteiger charge is -2.29. The number of ether oxygens (including phenoxy) is 1. The SMILES string of the molecule is CCCCCC1CCC(c2ccc(-c3ccc(-c4ccc(CC)c(F)c4C(F)F)cc3)cc2)CO1. The Bertz CT molecular complexity index is 1080. The van der Waals surface area contributed by atoms with E-state index in [9.17, 15) is 13.2 Å². The predicted octanol–water partition coefficient (Wildman–Crippen LogP) is 9.50. The zero-order chi connectivity index (χ0) is 24.8. The molecule has 4 heteroatoms. The molecule has 0 aromatic heterocycles. The number of rotatable bonds is 9. The summed E-state index contributed by atoms with van der Waals surface area (Å²) in [6, 6.07) is 19.2. The van der Waals surface area contributed by atoms with Gasteiger partial charge in [-0.2, -0.15) is 0 Å². The third-order valence-electron chi connectivity index (χ3n) is 7.27. The van der Waals surface area contributed by atoms with Crippen LogP contribution in [0.4, 0.5) is 13.2 Å². The Morgan fingerprint density at radius 2 is 1.49 bits per heavy atom. The van der Waals surface area contributed by atoms with Gasteiger partial charge in [0.2, 0.25) is 0 Å². The Morgan fingerprint density at radius 1 is 0.829 bits per heavy atom.